The molecule has 0 aromatic rings. The summed E-state index contributed by atoms with van der Waals surface area (Å²) in [6.45, 7) is 10.1. The molecule has 2 amide bonds. The van der Waals surface area contributed by atoms with Gasteiger partial charge >= 0.3 is 12.0 Å². The van der Waals surface area contributed by atoms with Gasteiger partial charge in [-0.1, -0.05) is 33.3 Å². The fourth-order valence-electron chi connectivity index (χ4n) is 3.17. The Morgan fingerprint density at radius 2 is 1.96 bits per heavy atom. The highest BCUT2D eigenvalue weighted by Gasteiger charge is 2.48. The van der Waals surface area contributed by atoms with Gasteiger partial charge in [-0.3, -0.25) is 0 Å². The topological polar surface area (TPSA) is 67.9 Å². The van der Waals surface area contributed by atoms with Gasteiger partial charge in [0.25, 0.3) is 6.36 Å². The number of esters is 1. The number of nitrogens with zero attached hydrogens (tertiary/aromatic N) is 1. The number of hydrogen-bond donors (Lipinski definition) is 1. The van der Waals surface area contributed by atoms with E-state index < -0.39 is 18.1 Å². The SMILES string of the molecule is CC1=CC2(OC(F)C(=O)OC(C(C)C)C(C)C)CN(C1)C(=O)N2. The van der Waals surface area contributed by atoms with E-state index in [9.17, 15) is 14.0 Å². The van der Waals surface area contributed by atoms with Crippen molar-refractivity contribution in [2.45, 2.75) is 52.8 Å². The fourth-order valence-corrected chi connectivity index (χ4v) is 3.17. The molecule has 2 unspecified atom stereocenters. The number of amides is 2. The molecule has 2 aliphatic heterocycles. The number of rotatable bonds is 6. The highest BCUT2D eigenvalue weighted by atomic mass is 19.1. The van der Waals surface area contributed by atoms with Gasteiger partial charge in [0.15, 0.2) is 5.72 Å². The van der Waals surface area contributed by atoms with Crippen LogP contribution in [0.5, 0.6) is 0 Å². The van der Waals surface area contributed by atoms with E-state index in [0.717, 1.165) is 5.57 Å². The monoisotopic (exact) mass is 328 g/mol. The van der Waals surface area contributed by atoms with Crippen LogP contribution in [0.1, 0.15) is 34.6 Å². The first-order valence-corrected chi connectivity index (χ1v) is 7.91. The maximum atomic E-state index is 14.3. The van der Waals surface area contributed by atoms with E-state index in [2.05, 4.69) is 5.32 Å². The van der Waals surface area contributed by atoms with E-state index in [0.29, 0.717) is 6.54 Å². The second-order valence-electron chi connectivity index (χ2n) is 6.99. The zero-order chi connectivity index (χ0) is 17.4. The third kappa shape index (κ3) is 3.83. The van der Waals surface area contributed by atoms with Crippen molar-refractivity contribution in [2.75, 3.05) is 13.1 Å². The average Bonchev–Trinajstić information content (AvgIpc) is 2.64. The van der Waals surface area contributed by atoms with Crippen molar-refractivity contribution in [1.29, 1.82) is 0 Å². The van der Waals surface area contributed by atoms with Crippen molar-refractivity contribution in [1.82, 2.24) is 10.2 Å². The molecule has 23 heavy (non-hydrogen) atoms. The highest BCUT2D eigenvalue weighted by Crippen LogP contribution is 2.28. The second kappa shape index (κ2) is 6.47. The zero-order valence-corrected chi connectivity index (χ0v) is 14.3. The van der Waals surface area contributed by atoms with Gasteiger partial charge in [0.1, 0.15) is 6.10 Å². The normalized spacial score (nSPS) is 25.0. The first-order valence-electron chi connectivity index (χ1n) is 7.91. The summed E-state index contributed by atoms with van der Waals surface area (Å²) < 4.78 is 24.8. The Bertz CT molecular complexity index is 512. The molecule has 2 aliphatic rings. The van der Waals surface area contributed by atoms with Gasteiger partial charge in [-0.2, -0.15) is 0 Å². The standard InChI is InChI=1S/C16H25FN2O4/c1-9(2)12(10(3)4)22-14(20)13(17)23-16-6-11(5)7-19(8-16)15(21)18-16/h6,9-10,12-13H,7-8H2,1-5H3,(H,18,21). The smallest absolute Gasteiger partial charge is 0.369 e. The Kier molecular flexibility index (Phi) is 4.98. The molecule has 0 radical (unpaired) electrons. The van der Waals surface area contributed by atoms with Gasteiger partial charge in [-0.05, 0) is 24.8 Å². The van der Waals surface area contributed by atoms with Crippen LogP contribution in [-0.4, -0.2) is 48.2 Å². The maximum absolute atomic E-state index is 14.3. The average molecular weight is 328 g/mol. The number of alkyl halides is 1. The molecule has 0 aromatic heterocycles. The van der Waals surface area contributed by atoms with Crippen LogP contribution in [0.4, 0.5) is 9.18 Å². The molecule has 6 nitrogen and oxygen atoms in total. The molecule has 2 rings (SSSR count). The van der Waals surface area contributed by atoms with Crippen LogP contribution in [0.2, 0.25) is 0 Å². The second-order valence-corrected chi connectivity index (χ2v) is 6.99. The van der Waals surface area contributed by atoms with E-state index in [1.165, 1.54) is 4.90 Å². The molecule has 1 N–H and O–H groups in total. The molecule has 0 aromatic carbocycles. The van der Waals surface area contributed by atoms with Crippen molar-refractivity contribution in [3.8, 4) is 0 Å². The van der Waals surface area contributed by atoms with Gasteiger partial charge in [0.05, 0.1) is 6.54 Å². The van der Waals surface area contributed by atoms with Gasteiger partial charge < -0.3 is 19.7 Å². The first-order chi connectivity index (χ1) is 10.6. The van der Waals surface area contributed by atoms with Crippen molar-refractivity contribution in [3.05, 3.63) is 11.6 Å². The lowest BCUT2D eigenvalue weighted by molar-refractivity contribution is -0.195. The number of carbonyl (C=O) groups excluding carboxylic acids is 2. The molecule has 2 heterocycles. The summed E-state index contributed by atoms with van der Waals surface area (Å²) in [5, 5.41) is 2.58. The van der Waals surface area contributed by atoms with Crippen LogP contribution in [0, 0.1) is 11.8 Å². The Morgan fingerprint density at radius 3 is 2.52 bits per heavy atom. The van der Waals surface area contributed by atoms with E-state index in [-0.39, 0.29) is 30.5 Å². The quantitative estimate of drug-likeness (QED) is 0.599. The van der Waals surface area contributed by atoms with E-state index in [1.807, 2.05) is 34.6 Å². The number of carbonyl (C=O) groups is 2. The van der Waals surface area contributed by atoms with Gasteiger partial charge in [0, 0.05) is 6.54 Å². The minimum atomic E-state index is -2.25. The van der Waals surface area contributed by atoms with Gasteiger partial charge in [0.2, 0.25) is 0 Å². The Labute approximate surface area is 136 Å². The summed E-state index contributed by atoms with van der Waals surface area (Å²) in [7, 11) is 0. The number of halogens is 1. The third-order valence-electron chi connectivity index (χ3n) is 4.02. The van der Waals surface area contributed by atoms with Crippen LogP contribution in [0.15, 0.2) is 11.6 Å². The van der Waals surface area contributed by atoms with Crippen LogP contribution in [0.3, 0.4) is 0 Å². The third-order valence-corrected chi connectivity index (χ3v) is 4.02. The zero-order valence-electron chi connectivity index (χ0n) is 14.3. The van der Waals surface area contributed by atoms with Crippen LogP contribution in [-0.2, 0) is 14.3 Å². The first kappa shape index (κ1) is 17.7. The molecule has 0 aliphatic carbocycles. The van der Waals surface area contributed by atoms with Gasteiger partial charge in [-0.15, -0.1) is 0 Å². The predicted octanol–water partition coefficient (Wildman–Crippen LogP) is 2.20. The summed E-state index contributed by atoms with van der Waals surface area (Å²) in [5.74, 6) is -0.915. The number of urea groups is 1. The highest BCUT2D eigenvalue weighted by molar-refractivity contribution is 5.79. The van der Waals surface area contributed by atoms with E-state index >= 15 is 0 Å². The fraction of sp³-hybridized carbons (Fsp3) is 0.750. The molecular formula is C16H25FN2O4. The minimum absolute atomic E-state index is 0.0720. The lowest BCUT2D eigenvalue weighted by Crippen LogP contribution is -2.49. The molecular weight excluding hydrogens is 303 g/mol. The summed E-state index contributed by atoms with van der Waals surface area (Å²) in [6, 6.07) is -0.332. The van der Waals surface area contributed by atoms with Crippen LogP contribution < -0.4 is 5.32 Å². The summed E-state index contributed by atoms with van der Waals surface area (Å²) >= 11 is 0. The van der Waals surface area contributed by atoms with Crippen molar-refractivity contribution < 1.29 is 23.5 Å². The lowest BCUT2D eigenvalue weighted by atomic mass is 9.96. The number of fused-ring (bicyclic) bond motifs is 2. The number of ether oxygens (including phenoxy) is 2. The minimum Gasteiger partial charge on any atom is -0.458 e. The molecule has 1 fully saturated rings. The Balaban J connectivity index is 2.03. The summed E-state index contributed by atoms with van der Waals surface area (Å²) in [6.07, 6.45) is -0.992. The van der Waals surface area contributed by atoms with E-state index in [1.54, 1.807) is 6.08 Å². The summed E-state index contributed by atoms with van der Waals surface area (Å²) in [4.78, 5) is 25.3. The van der Waals surface area contributed by atoms with Crippen molar-refractivity contribution >= 4 is 12.0 Å². The molecule has 0 spiro atoms. The molecule has 1 saturated heterocycles. The number of hydrogen-bond acceptors (Lipinski definition) is 4. The molecule has 130 valence electrons. The van der Waals surface area contributed by atoms with Gasteiger partial charge in [-0.25, -0.2) is 14.0 Å². The Morgan fingerprint density at radius 1 is 1.35 bits per heavy atom. The van der Waals surface area contributed by atoms with Crippen molar-refractivity contribution in [2.24, 2.45) is 11.8 Å². The summed E-state index contributed by atoms with van der Waals surface area (Å²) in [5.41, 5.74) is -0.430. The maximum Gasteiger partial charge on any atom is 0.369 e. The van der Waals surface area contributed by atoms with Crippen LogP contribution >= 0.6 is 0 Å². The van der Waals surface area contributed by atoms with E-state index in [4.69, 9.17) is 9.47 Å². The molecule has 7 heteroatoms. The molecule has 0 saturated carbocycles. The predicted molar refractivity (Wildman–Crippen MR) is 82.1 cm³/mol. The Hall–Kier alpha value is -1.63. The largest absolute Gasteiger partial charge is 0.458 e. The number of nitrogens with one attached hydrogen (secondary N) is 1. The van der Waals surface area contributed by atoms with Crippen LogP contribution in [0.25, 0.3) is 0 Å². The molecule has 2 atom stereocenters. The van der Waals surface area contributed by atoms with Crippen molar-refractivity contribution in [3.63, 3.8) is 0 Å². The lowest BCUT2D eigenvalue weighted by Gasteiger charge is -2.31. The molecule has 2 bridgehead atoms.